The summed E-state index contributed by atoms with van der Waals surface area (Å²) in [5.74, 6) is -0.183. The molecule has 20 heavy (non-hydrogen) atoms. The van der Waals surface area contributed by atoms with E-state index in [0.29, 0.717) is 0 Å². The van der Waals surface area contributed by atoms with Crippen LogP contribution in [0.1, 0.15) is 31.0 Å². The predicted octanol–water partition coefficient (Wildman–Crippen LogP) is 4.76. The van der Waals surface area contributed by atoms with E-state index in [0.717, 1.165) is 22.6 Å². The molecule has 1 nitrogen and oxygen atoms in total. The van der Waals surface area contributed by atoms with Crippen molar-refractivity contribution < 1.29 is 4.39 Å². The normalized spacial score (nSPS) is 14.0. The Morgan fingerprint density at radius 2 is 1.85 bits per heavy atom. The largest absolute Gasteiger partial charge is 0.307 e. The van der Waals surface area contributed by atoms with E-state index >= 15 is 0 Å². The van der Waals surface area contributed by atoms with E-state index in [2.05, 4.69) is 25.2 Å². The molecule has 0 aliphatic heterocycles. The Kier molecular flexibility index (Phi) is 5.16. The van der Waals surface area contributed by atoms with Gasteiger partial charge in [0.05, 0.1) is 0 Å². The van der Waals surface area contributed by atoms with Gasteiger partial charge in [-0.25, -0.2) is 4.39 Å². The van der Waals surface area contributed by atoms with Crippen LogP contribution in [-0.2, 0) is 6.42 Å². The van der Waals surface area contributed by atoms with E-state index in [1.165, 1.54) is 6.07 Å². The lowest BCUT2D eigenvalue weighted by molar-refractivity contribution is 0.476. The molecule has 0 amide bonds. The van der Waals surface area contributed by atoms with Crippen LogP contribution in [0.2, 0.25) is 5.02 Å². The van der Waals surface area contributed by atoms with Crippen LogP contribution < -0.4 is 5.32 Å². The first-order chi connectivity index (χ1) is 9.54. The zero-order valence-corrected chi connectivity index (χ0v) is 12.5. The highest BCUT2D eigenvalue weighted by Crippen LogP contribution is 2.18. The van der Waals surface area contributed by atoms with Gasteiger partial charge in [0.15, 0.2) is 0 Å². The van der Waals surface area contributed by atoms with Gasteiger partial charge in [0.2, 0.25) is 0 Å². The number of halogens is 2. The number of nitrogens with one attached hydrogen (secondary N) is 1. The lowest BCUT2D eigenvalue weighted by Crippen LogP contribution is -2.30. The molecule has 0 aromatic heterocycles. The van der Waals surface area contributed by atoms with Crippen LogP contribution >= 0.6 is 11.6 Å². The van der Waals surface area contributed by atoms with Crippen molar-refractivity contribution in [3.63, 3.8) is 0 Å². The molecule has 0 fully saturated rings. The summed E-state index contributed by atoms with van der Waals surface area (Å²) in [4.78, 5) is 0. The summed E-state index contributed by atoms with van der Waals surface area (Å²) in [5.41, 5.74) is 2.16. The fraction of sp³-hybridized carbons (Fsp3) is 0.294. The van der Waals surface area contributed by atoms with Crippen LogP contribution in [0.25, 0.3) is 0 Å². The molecule has 2 unspecified atom stereocenters. The maximum absolute atomic E-state index is 13.2. The Labute approximate surface area is 124 Å². The molecule has 3 heteroatoms. The Morgan fingerprint density at radius 1 is 1.10 bits per heavy atom. The smallest absolute Gasteiger partial charge is 0.123 e. The third-order valence-electron chi connectivity index (χ3n) is 3.31. The third-order valence-corrected chi connectivity index (χ3v) is 3.55. The standard InChI is InChI=1S/C17H19ClFN/c1-12(9-14-5-3-8-17(19)10-14)20-13(2)15-6-4-7-16(18)11-15/h3-8,10-13,20H,9H2,1-2H3. The number of hydrogen-bond acceptors (Lipinski definition) is 1. The Morgan fingerprint density at radius 3 is 2.55 bits per heavy atom. The van der Waals surface area contributed by atoms with Gasteiger partial charge in [-0.1, -0.05) is 35.9 Å². The Bertz CT molecular complexity index is 570. The van der Waals surface area contributed by atoms with Gasteiger partial charge >= 0.3 is 0 Å². The molecule has 0 heterocycles. The second-order valence-corrected chi connectivity index (χ2v) is 5.61. The average molecular weight is 292 g/mol. The highest BCUT2D eigenvalue weighted by Gasteiger charge is 2.10. The van der Waals surface area contributed by atoms with Gasteiger partial charge < -0.3 is 5.32 Å². The van der Waals surface area contributed by atoms with Crippen LogP contribution in [0.3, 0.4) is 0 Å². The molecule has 0 saturated heterocycles. The molecule has 106 valence electrons. The van der Waals surface area contributed by atoms with Crippen molar-refractivity contribution in [2.75, 3.05) is 0 Å². The fourth-order valence-corrected chi connectivity index (χ4v) is 2.57. The predicted molar refractivity (Wildman–Crippen MR) is 82.6 cm³/mol. The van der Waals surface area contributed by atoms with Crippen molar-refractivity contribution in [1.29, 1.82) is 0 Å². The molecule has 2 aromatic carbocycles. The molecule has 2 atom stereocenters. The number of benzene rings is 2. The molecule has 1 N–H and O–H groups in total. The molecule has 0 bridgehead atoms. The molecule has 0 spiro atoms. The van der Waals surface area contributed by atoms with Crippen molar-refractivity contribution in [2.24, 2.45) is 0 Å². The molecular formula is C17H19ClFN. The van der Waals surface area contributed by atoms with Gasteiger partial charge in [-0.15, -0.1) is 0 Å². The molecule has 2 rings (SSSR count). The maximum Gasteiger partial charge on any atom is 0.123 e. The minimum Gasteiger partial charge on any atom is -0.307 e. The van der Waals surface area contributed by atoms with Gasteiger partial charge in [0.25, 0.3) is 0 Å². The lowest BCUT2D eigenvalue weighted by atomic mass is 10.0. The average Bonchev–Trinajstić information content (AvgIpc) is 2.38. The minimum absolute atomic E-state index is 0.183. The summed E-state index contributed by atoms with van der Waals surface area (Å²) in [5, 5.41) is 4.25. The van der Waals surface area contributed by atoms with Crippen LogP contribution in [0.15, 0.2) is 48.5 Å². The number of hydrogen-bond donors (Lipinski definition) is 1. The zero-order chi connectivity index (χ0) is 14.5. The van der Waals surface area contributed by atoms with E-state index in [1.807, 2.05) is 24.3 Å². The van der Waals surface area contributed by atoms with E-state index in [4.69, 9.17) is 11.6 Å². The highest BCUT2D eigenvalue weighted by molar-refractivity contribution is 6.30. The minimum atomic E-state index is -0.183. The van der Waals surface area contributed by atoms with Crippen molar-refractivity contribution in [1.82, 2.24) is 5.32 Å². The van der Waals surface area contributed by atoms with Gasteiger partial charge in [0, 0.05) is 17.1 Å². The monoisotopic (exact) mass is 291 g/mol. The first kappa shape index (κ1) is 15.0. The zero-order valence-electron chi connectivity index (χ0n) is 11.7. The highest BCUT2D eigenvalue weighted by atomic mass is 35.5. The van der Waals surface area contributed by atoms with Crippen molar-refractivity contribution in [2.45, 2.75) is 32.4 Å². The van der Waals surface area contributed by atoms with Crippen molar-refractivity contribution in [3.8, 4) is 0 Å². The molecule has 0 saturated carbocycles. The fourth-order valence-electron chi connectivity index (χ4n) is 2.38. The molecule has 2 aromatic rings. The van der Waals surface area contributed by atoms with Crippen LogP contribution in [0.4, 0.5) is 4.39 Å². The maximum atomic E-state index is 13.2. The molecule has 0 aliphatic carbocycles. The van der Waals surface area contributed by atoms with Gasteiger partial charge in [-0.05, 0) is 55.7 Å². The quantitative estimate of drug-likeness (QED) is 0.837. The molecule has 0 aliphatic rings. The van der Waals surface area contributed by atoms with Gasteiger partial charge in [0.1, 0.15) is 5.82 Å². The van der Waals surface area contributed by atoms with Crippen LogP contribution in [0, 0.1) is 5.82 Å². The summed E-state index contributed by atoms with van der Waals surface area (Å²) < 4.78 is 13.2. The second-order valence-electron chi connectivity index (χ2n) is 5.18. The van der Waals surface area contributed by atoms with E-state index in [9.17, 15) is 4.39 Å². The van der Waals surface area contributed by atoms with Crippen LogP contribution in [0.5, 0.6) is 0 Å². The van der Waals surface area contributed by atoms with Gasteiger partial charge in [-0.3, -0.25) is 0 Å². The molecule has 0 radical (unpaired) electrons. The summed E-state index contributed by atoms with van der Waals surface area (Å²) in [6.45, 7) is 4.21. The summed E-state index contributed by atoms with van der Waals surface area (Å²) >= 11 is 6.00. The topological polar surface area (TPSA) is 12.0 Å². The summed E-state index contributed by atoms with van der Waals surface area (Å²) in [6.07, 6.45) is 0.794. The SMILES string of the molecule is CC(Cc1cccc(F)c1)NC(C)c1cccc(Cl)c1. The first-order valence-corrected chi connectivity index (χ1v) is 7.18. The lowest BCUT2D eigenvalue weighted by Gasteiger charge is -2.20. The van der Waals surface area contributed by atoms with E-state index in [1.54, 1.807) is 12.1 Å². The number of rotatable bonds is 5. The summed E-state index contributed by atoms with van der Waals surface area (Å²) in [7, 11) is 0. The summed E-state index contributed by atoms with van der Waals surface area (Å²) in [6, 6.07) is 15.1. The first-order valence-electron chi connectivity index (χ1n) is 6.80. The van der Waals surface area contributed by atoms with Crippen LogP contribution in [-0.4, -0.2) is 6.04 Å². The van der Waals surface area contributed by atoms with Gasteiger partial charge in [-0.2, -0.15) is 0 Å². The Balaban J connectivity index is 1.95. The second kappa shape index (κ2) is 6.87. The van der Waals surface area contributed by atoms with Crippen molar-refractivity contribution in [3.05, 3.63) is 70.5 Å². The van der Waals surface area contributed by atoms with E-state index in [-0.39, 0.29) is 17.9 Å². The Hall–Kier alpha value is -1.38. The van der Waals surface area contributed by atoms with E-state index < -0.39 is 0 Å². The third kappa shape index (κ3) is 4.32. The molecular weight excluding hydrogens is 273 g/mol. The van der Waals surface area contributed by atoms with Crippen molar-refractivity contribution >= 4 is 11.6 Å².